The Bertz CT molecular complexity index is 642. The molecule has 1 atom stereocenters. The van der Waals surface area contributed by atoms with Crippen molar-refractivity contribution in [1.82, 2.24) is 0 Å². The van der Waals surface area contributed by atoms with Gasteiger partial charge in [0.1, 0.15) is 11.4 Å². The quantitative estimate of drug-likeness (QED) is 0.899. The van der Waals surface area contributed by atoms with Gasteiger partial charge in [0.05, 0.1) is 5.69 Å². The molecule has 104 valence electrons. The maximum Gasteiger partial charge on any atom is 0.247 e. The van der Waals surface area contributed by atoms with Crippen molar-refractivity contribution >= 4 is 11.6 Å². The fraction of sp³-hybridized carbons (Fsp3) is 0.188. The Balaban J connectivity index is 2.49. The molecule has 2 aromatic carbocycles. The summed E-state index contributed by atoms with van der Waals surface area (Å²) in [6.07, 6.45) is 0. The molecule has 0 aliphatic heterocycles. The molecule has 0 bridgehead atoms. The summed E-state index contributed by atoms with van der Waals surface area (Å²) in [7, 11) is 0. The van der Waals surface area contributed by atoms with Crippen molar-refractivity contribution < 1.29 is 9.18 Å². The van der Waals surface area contributed by atoms with E-state index in [1.54, 1.807) is 25.1 Å². The SMILES string of the molecule is Cc1ccccc1C(C)(Nc1ccccc1F)C(N)=O. The van der Waals surface area contributed by atoms with Crippen LogP contribution in [0.5, 0.6) is 0 Å². The molecule has 1 amide bonds. The van der Waals surface area contributed by atoms with E-state index in [1.807, 2.05) is 31.2 Å². The van der Waals surface area contributed by atoms with Gasteiger partial charge >= 0.3 is 0 Å². The summed E-state index contributed by atoms with van der Waals surface area (Å²) in [6, 6.07) is 13.6. The largest absolute Gasteiger partial charge is 0.367 e. The van der Waals surface area contributed by atoms with Gasteiger partial charge in [0.25, 0.3) is 0 Å². The molecular weight excluding hydrogens is 255 g/mol. The number of para-hydroxylation sites is 1. The molecule has 0 radical (unpaired) electrons. The highest BCUT2D eigenvalue weighted by atomic mass is 19.1. The van der Waals surface area contributed by atoms with E-state index >= 15 is 0 Å². The maximum atomic E-state index is 13.8. The van der Waals surface area contributed by atoms with Gasteiger partial charge in [-0.1, -0.05) is 36.4 Å². The molecule has 0 heterocycles. The minimum absolute atomic E-state index is 0.247. The first-order valence-corrected chi connectivity index (χ1v) is 6.34. The first-order chi connectivity index (χ1) is 9.45. The number of anilines is 1. The highest BCUT2D eigenvalue weighted by Crippen LogP contribution is 2.29. The van der Waals surface area contributed by atoms with Crippen molar-refractivity contribution in [2.75, 3.05) is 5.32 Å². The van der Waals surface area contributed by atoms with Crippen LogP contribution in [0.2, 0.25) is 0 Å². The summed E-state index contributed by atoms with van der Waals surface area (Å²) in [5.74, 6) is -0.983. The van der Waals surface area contributed by atoms with E-state index in [1.165, 1.54) is 6.07 Å². The van der Waals surface area contributed by atoms with Crippen LogP contribution >= 0.6 is 0 Å². The Morgan fingerprint density at radius 3 is 2.35 bits per heavy atom. The number of halogens is 1. The summed E-state index contributed by atoms with van der Waals surface area (Å²) >= 11 is 0. The van der Waals surface area contributed by atoms with E-state index in [2.05, 4.69) is 5.32 Å². The van der Waals surface area contributed by atoms with Crippen LogP contribution in [0.1, 0.15) is 18.1 Å². The lowest BCUT2D eigenvalue weighted by Crippen LogP contribution is -2.45. The number of nitrogens with one attached hydrogen (secondary N) is 1. The van der Waals surface area contributed by atoms with Crippen molar-refractivity contribution in [3.8, 4) is 0 Å². The van der Waals surface area contributed by atoms with E-state index in [4.69, 9.17) is 5.73 Å². The number of hydrogen-bond acceptors (Lipinski definition) is 2. The van der Waals surface area contributed by atoms with Crippen LogP contribution in [0.25, 0.3) is 0 Å². The van der Waals surface area contributed by atoms with Crippen LogP contribution in [0, 0.1) is 12.7 Å². The number of primary amides is 1. The second-order valence-corrected chi connectivity index (χ2v) is 4.91. The van der Waals surface area contributed by atoms with Crippen LogP contribution in [-0.2, 0) is 10.3 Å². The molecule has 2 aromatic rings. The summed E-state index contributed by atoms with van der Waals surface area (Å²) in [5.41, 5.74) is 6.27. The van der Waals surface area contributed by atoms with Gasteiger partial charge in [0.2, 0.25) is 5.91 Å². The third kappa shape index (κ3) is 2.50. The fourth-order valence-electron chi connectivity index (χ4n) is 2.23. The van der Waals surface area contributed by atoms with Gasteiger partial charge in [-0.15, -0.1) is 0 Å². The molecule has 0 saturated heterocycles. The second kappa shape index (κ2) is 5.33. The summed E-state index contributed by atoms with van der Waals surface area (Å²) < 4.78 is 13.8. The number of amides is 1. The molecule has 0 aliphatic rings. The standard InChI is InChI=1S/C16H17FN2O/c1-11-7-3-4-8-12(11)16(2,15(18)20)19-14-10-6-5-9-13(14)17/h3-10,19H,1-2H3,(H2,18,20). The molecular formula is C16H17FN2O. The van der Waals surface area contributed by atoms with E-state index in [9.17, 15) is 9.18 Å². The van der Waals surface area contributed by atoms with Crippen molar-refractivity contribution in [1.29, 1.82) is 0 Å². The lowest BCUT2D eigenvalue weighted by Gasteiger charge is -2.30. The number of carbonyl (C=O) groups is 1. The zero-order valence-electron chi connectivity index (χ0n) is 11.5. The molecule has 1 unspecified atom stereocenters. The van der Waals surface area contributed by atoms with Crippen molar-refractivity contribution in [2.45, 2.75) is 19.4 Å². The minimum Gasteiger partial charge on any atom is -0.367 e. The first-order valence-electron chi connectivity index (χ1n) is 6.34. The third-order valence-corrected chi connectivity index (χ3v) is 3.44. The predicted molar refractivity (Wildman–Crippen MR) is 77.7 cm³/mol. The second-order valence-electron chi connectivity index (χ2n) is 4.91. The third-order valence-electron chi connectivity index (χ3n) is 3.44. The lowest BCUT2D eigenvalue weighted by atomic mass is 9.87. The van der Waals surface area contributed by atoms with Gasteiger partial charge in [-0.25, -0.2) is 4.39 Å². The van der Waals surface area contributed by atoms with Crippen molar-refractivity contribution in [3.63, 3.8) is 0 Å². The molecule has 3 nitrogen and oxygen atoms in total. The Hall–Kier alpha value is -2.36. The zero-order chi connectivity index (χ0) is 14.8. The minimum atomic E-state index is -1.17. The molecule has 0 spiro atoms. The van der Waals surface area contributed by atoms with E-state index in [0.29, 0.717) is 0 Å². The topological polar surface area (TPSA) is 55.1 Å². The monoisotopic (exact) mass is 272 g/mol. The van der Waals surface area contributed by atoms with Gasteiger partial charge in [-0.3, -0.25) is 4.79 Å². The Morgan fingerprint density at radius 2 is 1.75 bits per heavy atom. The summed E-state index contributed by atoms with van der Waals surface area (Å²) in [4.78, 5) is 11.9. The molecule has 0 aromatic heterocycles. The number of aryl methyl sites for hydroxylation is 1. The number of nitrogens with two attached hydrogens (primary N) is 1. The number of hydrogen-bond donors (Lipinski definition) is 2. The van der Waals surface area contributed by atoms with Gasteiger partial charge in [0, 0.05) is 0 Å². The van der Waals surface area contributed by atoms with Crippen LogP contribution in [0.3, 0.4) is 0 Å². The maximum absolute atomic E-state index is 13.8. The normalized spacial score (nSPS) is 13.6. The van der Waals surface area contributed by atoms with E-state index in [0.717, 1.165) is 11.1 Å². The summed E-state index contributed by atoms with van der Waals surface area (Å²) in [6.45, 7) is 3.55. The fourth-order valence-corrected chi connectivity index (χ4v) is 2.23. The molecule has 2 rings (SSSR count). The molecule has 3 N–H and O–H groups in total. The zero-order valence-corrected chi connectivity index (χ0v) is 11.5. The lowest BCUT2D eigenvalue weighted by molar-refractivity contribution is -0.122. The molecule has 0 aliphatic carbocycles. The average Bonchev–Trinajstić information content (AvgIpc) is 2.41. The van der Waals surface area contributed by atoms with Gasteiger partial charge in [-0.05, 0) is 37.1 Å². The molecule has 0 fully saturated rings. The van der Waals surface area contributed by atoms with Crippen LogP contribution < -0.4 is 11.1 Å². The highest BCUT2D eigenvalue weighted by molar-refractivity contribution is 5.89. The van der Waals surface area contributed by atoms with Gasteiger partial charge < -0.3 is 11.1 Å². The van der Waals surface area contributed by atoms with E-state index in [-0.39, 0.29) is 5.69 Å². The number of benzene rings is 2. The first kappa shape index (κ1) is 14.1. The molecule has 0 saturated carbocycles. The van der Waals surface area contributed by atoms with Crippen LogP contribution in [0.15, 0.2) is 48.5 Å². The Labute approximate surface area is 117 Å². The van der Waals surface area contributed by atoms with Crippen molar-refractivity contribution in [2.24, 2.45) is 5.73 Å². The Kier molecular flexibility index (Phi) is 3.74. The van der Waals surface area contributed by atoms with Crippen LogP contribution in [0.4, 0.5) is 10.1 Å². The number of carbonyl (C=O) groups excluding carboxylic acids is 1. The molecule has 20 heavy (non-hydrogen) atoms. The molecule has 4 heteroatoms. The Morgan fingerprint density at radius 1 is 1.15 bits per heavy atom. The summed E-state index contributed by atoms with van der Waals surface area (Å²) in [5, 5.41) is 2.93. The average molecular weight is 272 g/mol. The van der Waals surface area contributed by atoms with Crippen molar-refractivity contribution in [3.05, 3.63) is 65.5 Å². The highest BCUT2D eigenvalue weighted by Gasteiger charge is 2.34. The smallest absolute Gasteiger partial charge is 0.247 e. The number of rotatable bonds is 4. The van der Waals surface area contributed by atoms with E-state index < -0.39 is 17.3 Å². The van der Waals surface area contributed by atoms with Gasteiger partial charge in [-0.2, -0.15) is 0 Å². The van der Waals surface area contributed by atoms with Gasteiger partial charge in [0.15, 0.2) is 0 Å². The predicted octanol–water partition coefficient (Wildman–Crippen LogP) is 2.95. The van der Waals surface area contributed by atoms with Crippen LogP contribution in [-0.4, -0.2) is 5.91 Å².